The van der Waals surface area contributed by atoms with Gasteiger partial charge in [-0.15, -0.1) is 11.3 Å². The fraction of sp³-hybridized carbons (Fsp3) is 0.526. The summed E-state index contributed by atoms with van der Waals surface area (Å²) in [6, 6.07) is 6.37. The Bertz CT molecular complexity index is 700. The predicted molar refractivity (Wildman–Crippen MR) is 108 cm³/mol. The molecule has 2 aromatic rings. The molecule has 2 heterocycles. The molecular formula is C19H27ClN4S. The van der Waals surface area contributed by atoms with E-state index in [1.807, 2.05) is 14.1 Å². The van der Waals surface area contributed by atoms with Gasteiger partial charge in [0.1, 0.15) is 0 Å². The predicted octanol–water partition coefficient (Wildman–Crippen LogP) is 3.88. The van der Waals surface area contributed by atoms with Crippen molar-refractivity contribution in [3.63, 3.8) is 0 Å². The van der Waals surface area contributed by atoms with Gasteiger partial charge in [0.05, 0.1) is 10.7 Å². The number of aromatic nitrogens is 1. The highest BCUT2D eigenvalue weighted by Crippen LogP contribution is 2.24. The summed E-state index contributed by atoms with van der Waals surface area (Å²) in [7, 11) is 4.08. The molecule has 1 aromatic heterocycles. The lowest BCUT2D eigenvalue weighted by Gasteiger charge is -2.22. The van der Waals surface area contributed by atoms with E-state index in [-0.39, 0.29) is 0 Å². The lowest BCUT2D eigenvalue weighted by Crippen LogP contribution is -2.30. The third-order valence-electron chi connectivity index (χ3n) is 4.68. The number of aryl methyl sites for hydroxylation is 1. The van der Waals surface area contributed by atoms with Crippen molar-refractivity contribution in [3.8, 4) is 0 Å². The fourth-order valence-corrected chi connectivity index (χ4v) is 4.07. The van der Waals surface area contributed by atoms with Crippen molar-refractivity contribution in [2.24, 2.45) is 0 Å². The highest BCUT2D eigenvalue weighted by atomic mass is 35.5. The molecule has 0 aliphatic carbocycles. The first-order valence-electron chi connectivity index (χ1n) is 8.83. The van der Waals surface area contributed by atoms with Crippen molar-refractivity contribution in [1.82, 2.24) is 14.8 Å². The van der Waals surface area contributed by atoms with Crippen LogP contribution in [0.1, 0.15) is 22.7 Å². The maximum atomic E-state index is 6.50. The SMILES string of the molecule is Cc1nc(CN2CCCN(Cc3ccc(N(C)C)cc3Cl)CC2)cs1. The summed E-state index contributed by atoms with van der Waals surface area (Å²) < 4.78 is 0. The molecule has 0 spiro atoms. The molecule has 1 saturated heterocycles. The quantitative estimate of drug-likeness (QED) is 0.787. The van der Waals surface area contributed by atoms with E-state index in [4.69, 9.17) is 11.6 Å². The van der Waals surface area contributed by atoms with Crippen LogP contribution in [0, 0.1) is 6.92 Å². The van der Waals surface area contributed by atoms with Gasteiger partial charge in [-0.3, -0.25) is 9.80 Å². The zero-order valence-electron chi connectivity index (χ0n) is 15.3. The molecule has 0 saturated carbocycles. The van der Waals surface area contributed by atoms with Gasteiger partial charge in [-0.05, 0) is 44.1 Å². The van der Waals surface area contributed by atoms with Gasteiger partial charge in [0.15, 0.2) is 0 Å². The Labute approximate surface area is 160 Å². The maximum absolute atomic E-state index is 6.50. The van der Waals surface area contributed by atoms with E-state index < -0.39 is 0 Å². The zero-order chi connectivity index (χ0) is 17.8. The third-order valence-corrected chi connectivity index (χ3v) is 5.85. The Morgan fingerprint density at radius 3 is 2.44 bits per heavy atom. The van der Waals surface area contributed by atoms with Crippen LogP contribution in [-0.4, -0.2) is 55.1 Å². The molecule has 0 amide bonds. The second kappa shape index (κ2) is 8.49. The highest BCUT2D eigenvalue weighted by Gasteiger charge is 2.17. The first-order valence-corrected chi connectivity index (χ1v) is 10.1. The molecule has 4 nitrogen and oxygen atoms in total. The number of nitrogens with zero attached hydrogens (tertiary/aromatic N) is 4. The van der Waals surface area contributed by atoms with Gasteiger partial charge in [0, 0.05) is 56.4 Å². The van der Waals surface area contributed by atoms with Crippen LogP contribution in [0.15, 0.2) is 23.6 Å². The molecule has 0 radical (unpaired) electrons. The summed E-state index contributed by atoms with van der Waals surface area (Å²) in [6.45, 7) is 8.40. The smallest absolute Gasteiger partial charge is 0.0897 e. The van der Waals surface area contributed by atoms with Gasteiger partial charge in [-0.25, -0.2) is 4.98 Å². The second-order valence-corrected chi connectivity index (χ2v) is 8.40. The maximum Gasteiger partial charge on any atom is 0.0897 e. The molecule has 0 unspecified atom stereocenters. The number of halogens is 1. The summed E-state index contributed by atoms with van der Waals surface area (Å²) in [6.07, 6.45) is 1.19. The molecule has 6 heteroatoms. The molecule has 0 N–H and O–H groups in total. The average Bonchev–Trinajstić information content (AvgIpc) is 2.85. The van der Waals surface area contributed by atoms with E-state index >= 15 is 0 Å². The molecule has 3 rings (SSSR count). The summed E-state index contributed by atoms with van der Waals surface area (Å²) in [4.78, 5) is 11.7. The number of rotatable bonds is 5. The minimum atomic E-state index is 0.866. The minimum absolute atomic E-state index is 0.866. The van der Waals surface area contributed by atoms with Crippen molar-refractivity contribution in [1.29, 1.82) is 0 Å². The van der Waals surface area contributed by atoms with Crippen molar-refractivity contribution in [3.05, 3.63) is 44.9 Å². The van der Waals surface area contributed by atoms with E-state index in [0.717, 1.165) is 55.0 Å². The standard InChI is InChI=1S/C19H27ClN4S/c1-15-21-17(14-25-15)13-24-8-4-7-23(9-10-24)12-16-5-6-18(22(2)3)11-19(16)20/h5-6,11,14H,4,7-10,12-13H2,1-3H3. The largest absolute Gasteiger partial charge is 0.378 e. The van der Waals surface area contributed by atoms with Gasteiger partial charge < -0.3 is 4.90 Å². The summed E-state index contributed by atoms with van der Waals surface area (Å²) in [5.41, 5.74) is 3.57. The second-order valence-electron chi connectivity index (χ2n) is 6.93. The van der Waals surface area contributed by atoms with Crippen LogP contribution in [0.25, 0.3) is 0 Å². The lowest BCUT2D eigenvalue weighted by molar-refractivity contribution is 0.246. The number of benzene rings is 1. The average molecular weight is 379 g/mol. The van der Waals surface area contributed by atoms with E-state index in [9.17, 15) is 0 Å². The Kier molecular flexibility index (Phi) is 6.34. The topological polar surface area (TPSA) is 22.6 Å². The molecule has 1 fully saturated rings. The van der Waals surface area contributed by atoms with Crippen LogP contribution in [0.4, 0.5) is 5.69 Å². The summed E-state index contributed by atoms with van der Waals surface area (Å²) in [5, 5.41) is 4.21. The van der Waals surface area contributed by atoms with E-state index in [2.05, 4.69) is 50.2 Å². The Morgan fingerprint density at radius 1 is 1.12 bits per heavy atom. The van der Waals surface area contributed by atoms with Crippen LogP contribution in [0.3, 0.4) is 0 Å². The zero-order valence-corrected chi connectivity index (χ0v) is 16.9. The van der Waals surface area contributed by atoms with Crippen molar-refractivity contribution in [2.45, 2.75) is 26.4 Å². The van der Waals surface area contributed by atoms with Gasteiger partial charge in [-0.2, -0.15) is 0 Å². The van der Waals surface area contributed by atoms with Crippen LogP contribution in [0.5, 0.6) is 0 Å². The normalized spacial score (nSPS) is 16.8. The Balaban J connectivity index is 1.56. The Hall–Kier alpha value is -1.14. The van der Waals surface area contributed by atoms with Gasteiger partial charge in [-0.1, -0.05) is 17.7 Å². The van der Waals surface area contributed by atoms with Gasteiger partial charge in [0.25, 0.3) is 0 Å². The number of hydrogen-bond acceptors (Lipinski definition) is 5. The molecule has 0 bridgehead atoms. The van der Waals surface area contributed by atoms with Crippen LogP contribution < -0.4 is 4.90 Å². The first-order chi connectivity index (χ1) is 12.0. The molecule has 25 heavy (non-hydrogen) atoms. The summed E-state index contributed by atoms with van der Waals surface area (Å²) in [5.74, 6) is 0. The van der Waals surface area contributed by atoms with E-state index in [1.165, 1.54) is 17.7 Å². The van der Waals surface area contributed by atoms with Crippen molar-refractivity contribution in [2.75, 3.05) is 45.2 Å². The molecule has 1 aliphatic heterocycles. The summed E-state index contributed by atoms with van der Waals surface area (Å²) >= 11 is 8.24. The van der Waals surface area contributed by atoms with Crippen molar-refractivity contribution < 1.29 is 0 Å². The molecular weight excluding hydrogens is 352 g/mol. The van der Waals surface area contributed by atoms with Crippen LogP contribution in [0.2, 0.25) is 5.02 Å². The lowest BCUT2D eigenvalue weighted by atomic mass is 10.2. The molecule has 1 aliphatic rings. The number of hydrogen-bond donors (Lipinski definition) is 0. The fourth-order valence-electron chi connectivity index (χ4n) is 3.23. The number of thiazole rings is 1. The molecule has 136 valence electrons. The van der Waals surface area contributed by atoms with Gasteiger partial charge in [0.2, 0.25) is 0 Å². The number of anilines is 1. The van der Waals surface area contributed by atoms with Crippen molar-refractivity contribution >= 4 is 28.6 Å². The minimum Gasteiger partial charge on any atom is -0.378 e. The molecule has 1 aromatic carbocycles. The highest BCUT2D eigenvalue weighted by molar-refractivity contribution is 7.09. The Morgan fingerprint density at radius 2 is 1.84 bits per heavy atom. The monoisotopic (exact) mass is 378 g/mol. The van der Waals surface area contributed by atoms with Crippen LogP contribution in [-0.2, 0) is 13.1 Å². The molecule has 0 atom stereocenters. The third kappa shape index (κ3) is 5.17. The van der Waals surface area contributed by atoms with E-state index in [1.54, 1.807) is 11.3 Å². The van der Waals surface area contributed by atoms with E-state index in [0.29, 0.717) is 0 Å². The first kappa shape index (κ1) is 18.6. The van der Waals surface area contributed by atoms with Gasteiger partial charge >= 0.3 is 0 Å². The van der Waals surface area contributed by atoms with Crippen LogP contribution >= 0.6 is 22.9 Å².